The van der Waals surface area contributed by atoms with Crippen LogP contribution in [0.15, 0.2) is 30.3 Å². The molecule has 1 aliphatic rings. The smallest absolute Gasteiger partial charge is 0.0471 e. The Morgan fingerprint density at radius 2 is 2.05 bits per heavy atom. The van der Waals surface area contributed by atoms with Gasteiger partial charge in [0.1, 0.15) is 0 Å². The van der Waals surface area contributed by atoms with Crippen LogP contribution < -0.4 is 5.32 Å². The Morgan fingerprint density at radius 1 is 1.30 bits per heavy atom. The van der Waals surface area contributed by atoms with Gasteiger partial charge in [-0.1, -0.05) is 25.1 Å². The lowest BCUT2D eigenvalue weighted by Gasteiger charge is -2.34. The first-order valence-corrected chi connectivity index (χ1v) is 8.28. The molecule has 2 heterocycles. The number of hydrogen-bond donors (Lipinski definition) is 1. The lowest BCUT2D eigenvalue weighted by Crippen LogP contribution is -2.37. The quantitative estimate of drug-likeness (QED) is 0.902. The molecule has 0 saturated carbocycles. The molecule has 0 spiro atoms. The second kappa shape index (κ2) is 5.84. The summed E-state index contributed by atoms with van der Waals surface area (Å²) in [5.74, 6) is 0. The van der Waals surface area contributed by atoms with Gasteiger partial charge in [-0.2, -0.15) is 0 Å². The monoisotopic (exact) mass is 289 g/mol. The zero-order valence-corrected chi connectivity index (χ0v) is 13.1. The highest BCUT2D eigenvalue weighted by molar-refractivity contribution is 7.19. The molecule has 0 amide bonds. The molecular formula is C17H23NOS. The van der Waals surface area contributed by atoms with Gasteiger partial charge in [0.2, 0.25) is 0 Å². The SMILES string of the molecule is CC(NCC1(C)CCOCC1)c1cc2ccccc2s1. The standard InChI is InChI=1S/C17H23NOS/c1-13(18-12-17(2)7-9-19-10-8-17)16-11-14-5-3-4-6-15(14)20-16/h3-6,11,13,18H,7-10,12H2,1-2H3. The van der Waals surface area contributed by atoms with E-state index in [9.17, 15) is 0 Å². The van der Waals surface area contributed by atoms with Crippen molar-refractivity contribution in [3.05, 3.63) is 35.2 Å². The number of fused-ring (bicyclic) bond motifs is 1. The minimum absolute atomic E-state index is 0.392. The molecule has 3 rings (SSSR count). The van der Waals surface area contributed by atoms with Crippen LogP contribution in [0.4, 0.5) is 0 Å². The van der Waals surface area contributed by atoms with Gasteiger partial charge >= 0.3 is 0 Å². The molecule has 1 N–H and O–H groups in total. The molecule has 1 aromatic heterocycles. The minimum atomic E-state index is 0.392. The molecule has 1 saturated heterocycles. The Bertz CT molecular complexity index is 538. The van der Waals surface area contributed by atoms with Gasteiger partial charge in [-0.25, -0.2) is 0 Å². The summed E-state index contributed by atoms with van der Waals surface area (Å²) in [7, 11) is 0. The average Bonchev–Trinajstić information content (AvgIpc) is 2.89. The molecule has 1 atom stereocenters. The molecule has 0 radical (unpaired) electrons. The first-order chi connectivity index (χ1) is 9.66. The van der Waals surface area contributed by atoms with E-state index in [1.807, 2.05) is 11.3 Å². The van der Waals surface area contributed by atoms with Crippen molar-refractivity contribution in [3.63, 3.8) is 0 Å². The van der Waals surface area contributed by atoms with Crippen molar-refractivity contribution in [2.75, 3.05) is 19.8 Å². The van der Waals surface area contributed by atoms with E-state index in [1.165, 1.54) is 27.8 Å². The molecule has 0 bridgehead atoms. The summed E-state index contributed by atoms with van der Waals surface area (Å²) in [6.07, 6.45) is 2.33. The van der Waals surface area contributed by atoms with Crippen molar-refractivity contribution < 1.29 is 4.74 Å². The first-order valence-electron chi connectivity index (χ1n) is 7.46. The fraction of sp³-hybridized carbons (Fsp3) is 0.529. The summed E-state index contributed by atoms with van der Waals surface area (Å²) in [5.41, 5.74) is 0.392. The summed E-state index contributed by atoms with van der Waals surface area (Å²) in [6, 6.07) is 11.4. The number of nitrogens with one attached hydrogen (secondary N) is 1. The molecule has 0 aliphatic carbocycles. The lowest BCUT2D eigenvalue weighted by atomic mass is 9.82. The van der Waals surface area contributed by atoms with E-state index in [-0.39, 0.29) is 0 Å². The van der Waals surface area contributed by atoms with Gasteiger partial charge in [-0.3, -0.25) is 0 Å². The summed E-state index contributed by atoms with van der Waals surface area (Å²) in [5, 5.41) is 5.08. The normalized spacial score (nSPS) is 20.1. The maximum atomic E-state index is 5.47. The number of thiophene rings is 1. The van der Waals surface area contributed by atoms with Gasteiger partial charge in [0, 0.05) is 35.4 Å². The first kappa shape index (κ1) is 14.1. The zero-order valence-electron chi connectivity index (χ0n) is 12.3. The van der Waals surface area contributed by atoms with Gasteiger partial charge in [0.25, 0.3) is 0 Å². The van der Waals surface area contributed by atoms with E-state index < -0.39 is 0 Å². The predicted molar refractivity (Wildman–Crippen MR) is 86.4 cm³/mol. The van der Waals surface area contributed by atoms with Crippen molar-refractivity contribution in [1.29, 1.82) is 0 Å². The van der Waals surface area contributed by atoms with E-state index in [4.69, 9.17) is 4.74 Å². The van der Waals surface area contributed by atoms with E-state index >= 15 is 0 Å². The van der Waals surface area contributed by atoms with E-state index in [0.717, 1.165) is 19.8 Å². The largest absolute Gasteiger partial charge is 0.381 e. The van der Waals surface area contributed by atoms with Crippen molar-refractivity contribution in [2.45, 2.75) is 32.7 Å². The Morgan fingerprint density at radius 3 is 2.80 bits per heavy atom. The Balaban J connectivity index is 1.65. The van der Waals surface area contributed by atoms with E-state index in [1.54, 1.807) is 0 Å². The van der Waals surface area contributed by atoms with Crippen molar-refractivity contribution in [1.82, 2.24) is 5.32 Å². The summed E-state index contributed by atoms with van der Waals surface area (Å²) in [6.45, 7) is 7.55. The molecular weight excluding hydrogens is 266 g/mol. The Labute approximate surface area is 125 Å². The molecule has 1 aromatic carbocycles. The third-order valence-electron chi connectivity index (χ3n) is 4.41. The fourth-order valence-electron chi connectivity index (χ4n) is 2.76. The van der Waals surface area contributed by atoms with Crippen molar-refractivity contribution in [3.8, 4) is 0 Å². The van der Waals surface area contributed by atoms with Crippen LogP contribution in [0.3, 0.4) is 0 Å². The third kappa shape index (κ3) is 3.05. The number of rotatable bonds is 4. The maximum Gasteiger partial charge on any atom is 0.0471 e. The maximum absolute atomic E-state index is 5.47. The second-order valence-corrected chi connectivity index (χ2v) is 7.33. The highest BCUT2D eigenvalue weighted by Gasteiger charge is 2.27. The molecule has 1 unspecified atom stereocenters. The van der Waals surface area contributed by atoms with Gasteiger partial charge in [0.05, 0.1) is 0 Å². The Kier molecular flexibility index (Phi) is 4.11. The summed E-state index contributed by atoms with van der Waals surface area (Å²) < 4.78 is 6.85. The molecule has 20 heavy (non-hydrogen) atoms. The number of hydrogen-bond acceptors (Lipinski definition) is 3. The lowest BCUT2D eigenvalue weighted by molar-refractivity contribution is 0.0231. The summed E-state index contributed by atoms with van der Waals surface area (Å²) in [4.78, 5) is 1.43. The second-order valence-electron chi connectivity index (χ2n) is 6.21. The van der Waals surface area contributed by atoms with Crippen LogP contribution in [-0.2, 0) is 4.74 Å². The minimum Gasteiger partial charge on any atom is -0.381 e. The van der Waals surface area contributed by atoms with Crippen LogP contribution >= 0.6 is 11.3 Å². The molecule has 108 valence electrons. The predicted octanol–water partition coefficient (Wildman–Crippen LogP) is 4.37. The van der Waals surface area contributed by atoms with E-state index in [0.29, 0.717) is 11.5 Å². The van der Waals surface area contributed by atoms with Crippen molar-refractivity contribution in [2.24, 2.45) is 5.41 Å². The van der Waals surface area contributed by atoms with Crippen LogP contribution in [0.5, 0.6) is 0 Å². The average molecular weight is 289 g/mol. The van der Waals surface area contributed by atoms with E-state index in [2.05, 4.69) is 49.5 Å². The summed E-state index contributed by atoms with van der Waals surface area (Å²) >= 11 is 1.90. The molecule has 2 aromatic rings. The van der Waals surface area contributed by atoms with Crippen molar-refractivity contribution >= 4 is 21.4 Å². The molecule has 3 heteroatoms. The van der Waals surface area contributed by atoms with Gasteiger partial charge in [-0.15, -0.1) is 11.3 Å². The number of ether oxygens (including phenoxy) is 1. The third-order valence-corrected chi connectivity index (χ3v) is 5.71. The topological polar surface area (TPSA) is 21.3 Å². The Hall–Kier alpha value is -0.900. The van der Waals surface area contributed by atoms with Crippen LogP contribution in [0.2, 0.25) is 0 Å². The van der Waals surface area contributed by atoms with Gasteiger partial charge < -0.3 is 10.1 Å². The highest BCUT2D eigenvalue weighted by Crippen LogP contribution is 2.32. The number of benzene rings is 1. The molecule has 1 aliphatic heterocycles. The van der Waals surface area contributed by atoms with Gasteiger partial charge in [0.15, 0.2) is 0 Å². The molecule has 2 nitrogen and oxygen atoms in total. The van der Waals surface area contributed by atoms with Crippen LogP contribution in [0.1, 0.15) is 37.6 Å². The van der Waals surface area contributed by atoms with Crippen LogP contribution in [0.25, 0.3) is 10.1 Å². The van der Waals surface area contributed by atoms with Crippen LogP contribution in [-0.4, -0.2) is 19.8 Å². The van der Waals surface area contributed by atoms with Crippen LogP contribution in [0, 0.1) is 5.41 Å². The fourth-order valence-corrected chi connectivity index (χ4v) is 3.85. The zero-order chi connectivity index (χ0) is 14.0. The van der Waals surface area contributed by atoms with Gasteiger partial charge in [-0.05, 0) is 42.7 Å². The highest BCUT2D eigenvalue weighted by atomic mass is 32.1. The molecule has 1 fully saturated rings.